The molecule has 0 unspecified atom stereocenters. The van der Waals surface area contributed by atoms with Crippen LogP contribution in [0.3, 0.4) is 0 Å². The molecule has 5 heteroatoms. The molecule has 0 saturated heterocycles. The molecule has 1 aromatic heterocycles. The van der Waals surface area contributed by atoms with Crippen molar-refractivity contribution in [2.45, 2.75) is 33.2 Å². The summed E-state index contributed by atoms with van der Waals surface area (Å²) in [5.41, 5.74) is 3.91. The molecule has 1 heterocycles. The molecule has 146 valence electrons. The van der Waals surface area contributed by atoms with Crippen LogP contribution in [0.15, 0.2) is 53.8 Å². The maximum Gasteiger partial charge on any atom is 0.224 e. The summed E-state index contributed by atoms with van der Waals surface area (Å²) in [6.07, 6.45) is 8.67. The van der Waals surface area contributed by atoms with Crippen LogP contribution in [-0.4, -0.2) is 17.6 Å². The highest BCUT2D eigenvalue weighted by Crippen LogP contribution is 2.29. The molecule has 0 atom stereocenters. The van der Waals surface area contributed by atoms with Crippen LogP contribution in [-0.2, 0) is 11.3 Å². The Labute approximate surface area is 171 Å². The van der Waals surface area contributed by atoms with E-state index in [1.54, 1.807) is 7.11 Å². The van der Waals surface area contributed by atoms with Gasteiger partial charge in [0, 0.05) is 42.1 Å². The van der Waals surface area contributed by atoms with Crippen LogP contribution in [0.25, 0.3) is 10.9 Å². The van der Waals surface area contributed by atoms with E-state index in [1.807, 2.05) is 60.9 Å². The summed E-state index contributed by atoms with van der Waals surface area (Å²) in [7, 11) is 1.63. The number of fused-ring (bicyclic) bond motifs is 1. The van der Waals surface area contributed by atoms with Crippen LogP contribution in [0, 0.1) is 23.2 Å². The van der Waals surface area contributed by atoms with Gasteiger partial charge in [-0.2, -0.15) is 5.26 Å². The average Bonchev–Trinajstić information content (AvgIpc) is 2.87. The number of ether oxygens (including phenoxy) is 1. The Kier molecular flexibility index (Phi) is 6.22. The fourth-order valence-corrected chi connectivity index (χ4v) is 3.23. The first-order valence-electron chi connectivity index (χ1n) is 9.60. The van der Waals surface area contributed by atoms with E-state index < -0.39 is 0 Å². The number of carbonyl (C=O) groups is 1. The van der Waals surface area contributed by atoms with E-state index in [0.29, 0.717) is 30.6 Å². The van der Waals surface area contributed by atoms with Crippen LogP contribution in [0.1, 0.15) is 37.9 Å². The molecule has 29 heavy (non-hydrogen) atoms. The minimum atomic E-state index is -0.0167. The first-order valence-corrected chi connectivity index (χ1v) is 9.60. The third-order valence-corrected chi connectivity index (χ3v) is 4.76. The van der Waals surface area contributed by atoms with Crippen LogP contribution < -0.4 is 10.1 Å². The van der Waals surface area contributed by atoms with E-state index >= 15 is 0 Å². The van der Waals surface area contributed by atoms with Gasteiger partial charge in [-0.05, 0) is 31.1 Å². The molecule has 1 amide bonds. The lowest BCUT2D eigenvalue weighted by molar-refractivity contribution is -0.120. The van der Waals surface area contributed by atoms with Gasteiger partial charge in [-0.25, -0.2) is 0 Å². The van der Waals surface area contributed by atoms with Crippen molar-refractivity contribution in [1.82, 2.24) is 9.88 Å². The molecule has 5 nitrogen and oxygen atoms in total. The summed E-state index contributed by atoms with van der Waals surface area (Å²) in [6.45, 7) is 4.55. The Morgan fingerprint density at radius 1 is 1.31 bits per heavy atom. The van der Waals surface area contributed by atoms with Gasteiger partial charge in [0.15, 0.2) is 0 Å². The molecule has 0 aliphatic heterocycles. The van der Waals surface area contributed by atoms with Gasteiger partial charge in [0.25, 0.3) is 0 Å². The van der Waals surface area contributed by atoms with E-state index in [1.165, 1.54) is 0 Å². The topological polar surface area (TPSA) is 67.1 Å². The molecule has 0 fully saturated rings. The molecule has 2 aromatic rings. The number of methoxy groups -OCH3 is 1. The van der Waals surface area contributed by atoms with Crippen molar-refractivity contribution < 1.29 is 9.53 Å². The number of allylic oxidation sites excluding steroid dienone is 5. The van der Waals surface area contributed by atoms with Crippen molar-refractivity contribution in [2.75, 3.05) is 7.11 Å². The Hall–Kier alpha value is -3.70. The normalized spacial score (nSPS) is 12.9. The van der Waals surface area contributed by atoms with E-state index in [2.05, 4.69) is 23.2 Å². The highest BCUT2D eigenvalue weighted by Gasteiger charge is 2.15. The van der Waals surface area contributed by atoms with E-state index in [4.69, 9.17) is 4.74 Å². The van der Waals surface area contributed by atoms with Gasteiger partial charge in [0.2, 0.25) is 5.91 Å². The molecule has 0 bridgehead atoms. The Bertz CT molecular complexity index is 1140. The number of aromatic nitrogens is 1. The van der Waals surface area contributed by atoms with Crippen molar-refractivity contribution in [3.8, 4) is 23.7 Å². The molecule has 1 aromatic carbocycles. The van der Waals surface area contributed by atoms with Crippen molar-refractivity contribution >= 4 is 16.8 Å². The third-order valence-electron chi connectivity index (χ3n) is 4.76. The molecule has 1 aliphatic carbocycles. The number of carbonyl (C=O) groups excluding carboxylic acids is 1. The lowest BCUT2D eigenvalue weighted by Gasteiger charge is -2.04. The summed E-state index contributed by atoms with van der Waals surface area (Å²) >= 11 is 0. The number of aryl methyl sites for hydroxylation is 1. The summed E-state index contributed by atoms with van der Waals surface area (Å²) in [5, 5.41) is 13.5. The zero-order chi connectivity index (χ0) is 20.8. The maximum atomic E-state index is 11.6. The lowest BCUT2D eigenvalue weighted by Crippen LogP contribution is -2.20. The van der Waals surface area contributed by atoms with E-state index in [9.17, 15) is 10.1 Å². The fourth-order valence-electron chi connectivity index (χ4n) is 3.23. The molecule has 0 radical (unpaired) electrons. The first kappa shape index (κ1) is 20.0. The number of amides is 1. The largest absolute Gasteiger partial charge is 0.497 e. The molecule has 1 aliphatic rings. The molecular weight excluding hydrogens is 362 g/mol. The number of rotatable bonds is 4. The second-order valence-electron chi connectivity index (χ2n) is 6.53. The predicted molar refractivity (Wildman–Crippen MR) is 114 cm³/mol. The molecule has 0 saturated carbocycles. The molecule has 3 rings (SSSR count). The summed E-state index contributed by atoms with van der Waals surface area (Å²) in [6, 6.07) is 8.01. The van der Waals surface area contributed by atoms with Crippen LogP contribution in [0.2, 0.25) is 0 Å². The second kappa shape index (κ2) is 8.99. The maximum absolute atomic E-state index is 11.6. The first-order chi connectivity index (χ1) is 14.1. The standard InChI is InChI=1S/C24H23N3O2/c1-4-24(28)26-18-8-6-7-17(9-11-18)10-14-22-21(16-25)20-13-12-19(29-3)15-23(20)27(22)5-2/h6-8,11-13,15H,4-5,9H2,1-3H3,(H,26,28). The van der Waals surface area contributed by atoms with Crippen molar-refractivity contribution in [1.29, 1.82) is 5.26 Å². The minimum Gasteiger partial charge on any atom is -0.497 e. The predicted octanol–water partition coefficient (Wildman–Crippen LogP) is 4.19. The van der Waals surface area contributed by atoms with Gasteiger partial charge in [-0.3, -0.25) is 4.79 Å². The van der Waals surface area contributed by atoms with Crippen molar-refractivity contribution in [3.63, 3.8) is 0 Å². The zero-order valence-corrected chi connectivity index (χ0v) is 16.9. The number of nitriles is 1. The smallest absolute Gasteiger partial charge is 0.224 e. The van der Waals surface area contributed by atoms with Gasteiger partial charge in [-0.1, -0.05) is 31.1 Å². The molecule has 1 N–H and O–H groups in total. The number of benzene rings is 1. The average molecular weight is 385 g/mol. The van der Waals surface area contributed by atoms with E-state index in [0.717, 1.165) is 27.9 Å². The summed E-state index contributed by atoms with van der Waals surface area (Å²) in [5.74, 6) is 7.14. The third kappa shape index (κ3) is 4.25. The lowest BCUT2D eigenvalue weighted by atomic mass is 10.1. The van der Waals surface area contributed by atoms with Gasteiger partial charge in [0.1, 0.15) is 17.5 Å². The van der Waals surface area contributed by atoms with Gasteiger partial charge in [-0.15, -0.1) is 0 Å². The van der Waals surface area contributed by atoms with Gasteiger partial charge < -0.3 is 14.6 Å². The SMILES string of the molecule is CCC(=O)NC1=CCC(C#Cc2c(C#N)c3ccc(OC)cc3n2CC)=CC=C1. The molecular formula is C24H23N3O2. The Morgan fingerprint density at radius 2 is 2.14 bits per heavy atom. The van der Waals surface area contributed by atoms with Crippen LogP contribution in [0.5, 0.6) is 5.75 Å². The van der Waals surface area contributed by atoms with E-state index in [-0.39, 0.29) is 5.91 Å². The Morgan fingerprint density at radius 3 is 2.83 bits per heavy atom. The number of nitrogens with one attached hydrogen (secondary N) is 1. The van der Waals surface area contributed by atoms with Crippen LogP contribution in [0.4, 0.5) is 0 Å². The Balaban J connectivity index is 1.97. The summed E-state index contributed by atoms with van der Waals surface area (Å²) < 4.78 is 7.37. The van der Waals surface area contributed by atoms with Crippen molar-refractivity contribution in [2.24, 2.45) is 0 Å². The van der Waals surface area contributed by atoms with Gasteiger partial charge in [0.05, 0.1) is 18.2 Å². The number of hydrogen-bond acceptors (Lipinski definition) is 3. The molecule has 0 spiro atoms. The highest BCUT2D eigenvalue weighted by atomic mass is 16.5. The van der Waals surface area contributed by atoms with Crippen molar-refractivity contribution in [3.05, 3.63) is 65.0 Å². The quantitative estimate of drug-likeness (QED) is 0.803. The summed E-state index contributed by atoms with van der Waals surface area (Å²) in [4.78, 5) is 11.6. The number of nitrogens with zero attached hydrogens (tertiary/aromatic N) is 2. The van der Waals surface area contributed by atoms with Gasteiger partial charge >= 0.3 is 0 Å². The minimum absolute atomic E-state index is 0.0167. The highest BCUT2D eigenvalue weighted by molar-refractivity contribution is 5.90. The van der Waals surface area contributed by atoms with Crippen LogP contribution >= 0.6 is 0 Å². The number of hydrogen-bond donors (Lipinski definition) is 1. The fraction of sp³-hybridized carbons (Fsp3) is 0.250. The monoisotopic (exact) mass is 385 g/mol. The second-order valence-corrected chi connectivity index (χ2v) is 6.53. The zero-order valence-electron chi connectivity index (χ0n) is 16.9.